The highest BCUT2D eigenvalue weighted by Gasteiger charge is 2.26. The fourth-order valence-corrected chi connectivity index (χ4v) is 5.00. The molecule has 0 unspecified atom stereocenters. The lowest BCUT2D eigenvalue weighted by Gasteiger charge is -2.27. The lowest BCUT2D eigenvalue weighted by atomic mass is 9.81. The van der Waals surface area contributed by atoms with Gasteiger partial charge in [0.05, 0.1) is 22.3 Å². The van der Waals surface area contributed by atoms with E-state index in [-0.39, 0.29) is 21.9 Å². The summed E-state index contributed by atoms with van der Waals surface area (Å²) in [6.45, 7) is 19.3. The first-order valence-corrected chi connectivity index (χ1v) is 13.4. The van der Waals surface area contributed by atoms with Crippen LogP contribution in [0.25, 0.3) is 33.5 Å². The van der Waals surface area contributed by atoms with E-state index in [9.17, 15) is 4.79 Å². The van der Waals surface area contributed by atoms with Gasteiger partial charge in [-0.1, -0.05) is 59.7 Å². The standard InChI is InChI=1S/C32H38N6O/c1-30(2,3)20-13-14-22-23(17-20)34-19-38(29(22)39)25-12-10-11-21(26(25)31(4,5)6)24-18-37-16-15-33-28(37)27(35-24)36-32(7,8)9/h10-19H,1-9H3,(H,35,36). The van der Waals surface area contributed by atoms with Gasteiger partial charge in [0.2, 0.25) is 0 Å². The van der Waals surface area contributed by atoms with Crippen molar-refractivity contribution in [2.45, 2.75) is 78.7 Å². The molecule has 0 amide bonds. The van der Waals surface area contributed by atoms with Crippen LogP contribution in [-0.4, -0.2) is 29.5 Å². The van der Waals surface area contributed by atoms with Gasteiger partial charge >= 0.3 is 0 Å². The number of hydrogen-bond acceptors (Lipinski definition) is 5. The van der Waals surface area contributed by atoms with Crippen LogP contribution in [0.5, 0.6) is 0 Å². The SMILES string of the molecule is CC(C)(C)Nc1nc(-c2cccc(-n3cnc4cc(C(C)(C)C)ccc4c3=O)c2C(C)(C)C)cn2ccnc12. The van der Waals surface area contributed by atoms with Crippen LogP contribution >= 0.6 is 0 Å². The monoisotopic (exact) mass is 522 g/mol. The first-order valence-electron chi connectivity index (χ1n) is 13.4. The summed E-state index contributed by atoms with van der Waals surface area (Å²) in [7, 11) is 0. The topological polar surface area (TPSA) is 77.1 Å². The third-order valence-electron chi connectivity index (χ3n) is 6.82. The zero-order valence-electron chi connectivity index (χ0n) is 24.4. The van der Waals surface area contributed by atoms with E-state index in [4.69, 9.17) is 9.97 Å². The average Bonchev–Trinajstić information content (AvgIpc) is 3.31. The van der Waals surface area contributed by atoms with E-state index in [0.29, 0.717) is 10.9 Å². The lowest BCUT2D eigenvalue weighted by molar-refractivity contribution is 0.586. The summed E-state index contributed by atoms with van der Waals surface area (Å²) in [4.78, 5) is 28.1. The third-order valence-corrected chi connectivity index (χ3v) is 6.82. The molecule has 0 bridgehead atoms. The maximum absolute atomic E-state index is 13.9. The predicted molar refractivity (Wildman–Crippen MR) is 160 cm³/mol. The number of benzene rings is 2. The Morgan fingerprint density at radius 3 is 2.28 bits per heavy atom. The van der Waals surface area contributed by atoms with Gasteiger partial charge in [0.1, 0.15) is 6.33 Å². The molecule has 0 saturated carbocycles. The van der Waals surface area contributed by atoms with Gasteiger partial charge < -0.3 is 9.72 Å². The van der Waals surface area contributed by atoms with Crippen LogP contribution in [0.15, 0.2) is 66.1 Å². The molecule has 3 aromatic heterocycles. The van der Waals surface area contributed by atoms with Crippen molar-refractivity contribution >= 4 is 22.4 Å². The summed E-state index contributed by atoms with van der Waals surface area (Å²) in [6.07, 6.45) is 7.37. The second kappa shape index (κ2) is 9.04. The van der Waals surface area contributed by atoms with Crippen LogP contribution in [0.1, 0.15) is 73.4 Å². The first-order chi connectivity index (χ1) is 18.1. The number of anilines is 1. The molecule has 0 aliphatic heterocycles. The molecule has 0 saturated heterocycles. The number of nitrogens with one attached hydrogen (secondary N) is 1. The number of nitrogens with zero attached hydrogens (tertiary/aromatic N) is 5. The normalized spacial score (nSPS) is 12.8. The Balaban J connectivity index is 1.75. The predicted octanol–water partition coefficient (Wildman–Crippen LogP) is 6.90. The van der Waals surface area contributed by atoms with Gasteiger partial charge in [-0.05, 0) is 60.9 Å². The molecule has 7 nitrogen and oxygen atoms in total. The minimum Gasteiger partial charge on any atom is -0.362 e. The molecule has 7 heteroatoms. The van der Waals surface area contributed by atoms with Gasteiger partial charge in [-0.3, -0.25) is 9.36 Å². The van der Waals surface area contributed by atoms with E-state index in [1.54, 1.807) is 17.1 Å². The number of aromatic nitrogens is 5. The maximum atomic E-state index is 13.9. The average molecular weight is 523 g/mol. The molecule has 39 heavy (non-hydrogen) atoms. The lowest BCUT2D eigenvalue weighted by Crippen LogP contribution is -2.27. The van der Waals surface area contributed by atoms with Gasteiger partial charge in [-0.2, -0.15) is 0 Å². The Kier molecular flexibility index (Phi) is 6.17. The molecule has 0 fully saturated rings. The van der Waals surface area contributed by atoms with Crippen molar-refractivity contribution in [2.24, 2.45) is 0 Å². The van der Waals surface area contributed by atoms with Gasteiger partial charge in [-0.25, -0.2) is 15.0 Å². The van der Waals surface area contributed by atoms with Crippen LogP contribution in [0.4, 0.5) is 5.82 Å². The van der Waals surface area contributed by atoms with Crippen molar-refractivity contribution in [2.75, 3.05) is 5.32 Å². The largest absolute Gasteiger partial charge is 0.362 e. The Labute approximate surface area is 230 Å². The maximum Gasteiger partial charge on any atom is 0.265 e. The zero-order valence-corrected chi connectivity index (χ0v) is 24.4. The van der Waals surface area contributed by atoms with E-state index >= 15 is 0 Å². The van der Waals surface area contributed by atoms with Gasteiger partial charge in [0.15, 0.2) is 11.5 Å². The van der Waals surface area contributed by atoms with Crippen molar-refractivity contribution < 1.29 is 0 Å². The Bertz CT molecular complexity index is 1760. The van der Waals surface area contributed by atoms with Crippen molar-refractivity contribution in [1.29, 1.82) is 0 Å². The molecule has 5 aromatic rings. The fraction of sp³-hybridized carbons (Fsp3) is 0.375. The van der Waals surface area contributed by atoms with E-state index in [2.05, 4.69) is 78.7 Å². The number of fused-ring (bicyclic) bond motifs is 2. The smallest absolute Gasteiger partial charge is 0.265 e. The summed E-state index contributed by atoms with van der Waals surface area (Å²) in [5.74, 6) is 0.717. The number of hydrogen-bond donors (Lipinski definition) is 1. The molecule has 0 radical (unpaired) electrons. The van der Waals surface area contributed by atoms with E-state index in [1.165, 1.54) is 0 Å². The quantitative estimate of drug-likeness (QED) is 0.279. The molecule has 0 aliphatic carbocycles. The molecule has 2 aromatic carbocycles. The highest BCUT2D eigenvalue weighted by atomic mass is 16.1. The summed E-state index contributed by atoms with van der Waals surface area (Å²) >= 11 is 0. The summed E-state index contributed by atoms with van der Waals surface area (Å²) in [5.41, 5.74) is 5.62. The Hall–Kier alpha value is -4.00. The highest BCUT2D eigenvalue weighted by molar-refractivity contribution is 5.80. The number of imidazole rings is 1. The van der Waals surface area contributed by atoms with Gasteiger partial charge in [0.25, 0.3) is 5.56 Å². The molecule has 1 N–H and O–H groups in total. The Morgan fingerprint density at radius 2 is 1.62 bits per heavy atom. The van der Waals surface area contributed by atoms with E-state index < -0.39 is 0 Å². The van der Waals surface area contributed by atoms with Crippen LogP contribution in [0.3, 0.4) is 0 Å². The van der Waals surface area contributed by atoms with Crippen molar-refractivity contribution in [1.82, 2.24) is 23.9 Å². The zero-order chi connectivity index (χ0) is 28.3. The molecule has 202 valence electrons. The fourth-order valence-electron chi connectivity index (χ4n) is 5.00. The second-order valence-electron chi connectivity index (χ2n) is 13.4. The summed E-state index contributed by atoms with van der Waals surface area (Å²) in [5, 5.41) is 4.11. The molecular weight excluding hydrogens is 484 g/mol. The number of rotatable bonds is 3. The van der Waals surface area contributed by atoms with E-state index in [0.717, 1.165) is 39.5 Å². The summed E-state index contributed by atoms with van der Waals surface area (Å²) < 4.78 is 3.67. The molecule has 0 atom stereocenters. The minimum atomic E-state index is -0.292. The van der Waals surface area contributed by atoms with Crippen LogP contribution in [0.2, 0.25) is 0 Å². The highest BCUT2D eigenvalue weighted by Crippen LogP contribution is 2.37. The molecule has 5 rings (SSSR count). The summed E-state index contributed by atoms with van der Waals surface area (Å²) in [6, 6.07) is 12.0. The van der Waals surface area contributed by atoms with Gasteiger partial charge in [-0.15, -0.1) is 0 Å². The molecule has 0 spiro atoms. The van der Waals surface area contributed by atoms with Crippen molar-refractivity contribution in [3.8, 4) is 16.9 Å². The van der Waals surface area contributed by atoms with Crippen LogP contribution in [0, 0.1) is 0 Å². The first kappa shape index (κ1) is 26.6. The molecule has 3 heterocycles. The Morgan fingerprint density at radius 1 is 0.872 bits per heavy atom. The van der Waals surface area contributed by atoms with E-state index in [1.807, 2.05) is 47.1 Å². The molecular formula is C32H38N6O. The second-order valence-corrected chi connectivity index (χ2v) is 13.4. The van der Waals surface area contributed by atoms with Crippen molar-refractivity contribution in [3.63, 3.8) is 0 Å². The van der Waals surface area contributed by atoms with Gasteiger partial charge in [0, 0.05) is 29.7 Å². The van der Waals surface area contributed by atoms with Crippen LogP contribution < -0.4 is 10.9 Å². The molecule has 0 aliphatic rings. The van der Waals surface area contributed by atoms with Crippen molar-refractivity contribution in [3.05, 3.63) is 82.8 Å². The van der Waals surface area contributed by atoms with Crippen LogP contribution in [-0.2, 0) is 10.8 Å². The minimum absolute atomic E-state index is 0.0253. The third kappa shape index (κ3) is 5.05.